The minimum atomic E-state index is -0.902. The second kappa shape index (κ2) is 5.61. The molecule has 4 nitrogen and oxygen atoms in total. The van der Waals surface area contributed by atoms with Crippen LogP contribution >= 0.6 is 11.8 Å². The van der Waals surface area contributed by atoms with E-state index in [9.17, 15) is 4.79 Å². The molecule has 3 rings (SSSR count). The molecule has 0 saturated heterocycles. The van der Waals surface area contributed by atoms with Gasteiger partial charge in [0.05, 0.1) is 11.3 Å². The summed E-state index contributed by atoms with van der Waals surface area (Å²) in [6, 6.07) is 11.0. The van der Waals surface area contributed by atoms with Crippen LogP contribution in [0, 0.1) is 6.92 Å². The fourth-order valence-electron chi connectivity index (χ4n) is 2.10. The zero-order valence-corrected chi connectivity index (χ0v) is 12.3. The molecule has 0 bridgehead atoms. The van der Waals surface area contributed by atoms with Gasteiger partial charge in [-0.3, -0.25) is 0 Å². The summed E-state index contributed by atoms with van der Waals surface area (Å²) in [6.45, 7) is 2.05. The largest absolute Gasteiger partial charge is 0.478 e. The first-order valence-electron chi connectivity index (χ1n) is 6.52. The number of fused-ring (bicyclic) bond motifs is 1. The molecule has 3 aromatic rings. The van der Waals surface area contributed by atoms with Crippen molar-refractivity contribution in [2.24, 2.45) is 0 Å². The number of benzene rings is 1. The van der Waals surface area contributed by atoms with Crippen LogP contribution in [-0.4, -0.2) is 20.5 Å². The Hall–Kier alpha value is -2.27. The molecular formula is C16H14N2O2S. The lowest BCUT2D eigenvalue weighted by Crippen LogP contribution is -1.95. The average molecular weight is 298 g/mol. The fraction of sp³-hybridized carbons (Fsp3) is 0.125. The molecule has 0 aliphatic carbocycles. The average Bonchev–Trinajstić information content (AvgIpc) is 2.87. The zero-order chi connectivity index (χ0) is 14.8. The molecule has 0 atom stereocenters. The number of thioether (sulfide) groups is 1. The molecule has 21 heavy (non-hydrogen) atoms. The maximum absolute atomic E-state index is 11.0. The lowest BCUT2D eigenvalue weighted by atomic mass is 10.2. The summed E-state index contributed by atoms with van der Waals surface area (Å²) < 4.78 is 2.01. The Balaban J connectivity index is 1.77. The predicted molar refractivity (Wildman–Crippen MR) is 82.9 cm³/mol. The quantitative estimate of drug-likeness (QED) is 0.747. The van der Waals surface area contributed by atoms with E-state index in [-0.39, 0.29) is 0 Å². The Morgan fingerprint density at radius 2 is 2.14 bits per heavy atom. The second-order valence-electron chi connectivity index (χ2n) is 4.83. The number of hydrogen-bond donors (Lipinski definition) is 1. The minimum Gasteiger partial charge on any atom is -0.478 e. The molecular weight excluding hydrogens is 284 g/mol. The number of carboxylic acids is 1. The number of carboxylic acid groups (broad SMARTS) is 1. The van der Waals surface area contributed by atoms with Crippen molar-refractivity contribution >= 4 is 23.4 Å². The normalized spacial score (nSPS) is 10.9. The van der Waals surface area contributed by atoms with Gasteiger partial charge >= 0.3 is 5.97 Å². The molecule has 1 N–H and O–H groups in total. The summed E-state index contributed by atoms with van der Waals surface area (Å²) in [6.07, 6.45) is 4.05. The van der Waals surface area contributed by atoms with Crippen molar-refractivity contribution in [1.82, 2.24) is 9.38 Å². The van der Waals surface area contributed by atoms with E-state index in [1.54, 1.807) is 30.0 Å². The molecule has 0 saturated carbocycles. The van der Waals surface area contributed by atoms with Gasteiger partial charge in [-0.05, 0) is 36.8 Å². The number of aromatic carboxylic acids is 1. The van der Waals surface area contributed by atoms with Crippen molar-refractivity contribution in [3.63, 3.8) is 0 Å². The number of aromatic nitrogens is 2. The first kappa shape index (κ1) is 13.7. The molecule has 0 radical (unpaired) electrons. The van der Waals surface area contributed by atoms with Crippen molar-refractivity contribution < 1.29 is 9.90 Å². The fourth-order valence-corrected chi connectivity index (χ4v) is 2.94. The highest BCUT2D eigenvalue weighted by Crippen LogP contribution is 2.23. The van der Waals surface area contributed by atoms with Gasteiger partial charge in [0.15, 0.2) is 0 Å². The molecule has 2 heterocycles. The molecule has 0 aliphatic heterocycles. The van der Waals surface area contributed by atoms with Crippen LogP contribution in [0.25, 0.3) is 5.65 Å². The van der Waals surface area contributed by atoms with E-state index in [0.717, 1.165) is 16.2 Å². The van der Waals surface area contributed by atoms with Crippen LogP contribution in [0.15, 0.2) is 53.7 Å². The van der Waals surface area contributed by atoms with Crippen molar-refractivity contribution in [2.75, 3.05) is 0 Å². The van der Waals surface area contributed by atoms with Gasteiger partial charge in [-0.25, -0.2) is 9.78 Å². The van der Waals surface area contributed by atoms with Crippen molar-refractivity contribution in [1.29, 1.82) is 0 Å². The lowest BCUT2D eigenvalue weighted by Gasteiger charge is -2.00. The van der Waals surface area contributed by atoms with Crippen LogP contribution in [-0.2, 0) is 5.75 Å². The summed E-state index contributed by atoms with van der Waals surface area (Å²) in [4.78, 5) is 16.4. The Morgan fingerprint density at radius 3 is 2.95 bits per heavy atom. The Labute approximate surface area is 126 Å². The number of nitrogens with zero attached hydrogens (tertiary/aromatic N) is 2. The third-order valence-corrected chi connectivity index (χ3v) is 4.14. The smallest absolute Gasteiger partial charge is 0.335 e. The van der Waals surface area contributed by atoms with Crippen molar-refractivity contribution in [3.8, 4) is 0 Å². The summed E-state index contributed by atoms with van der Waals surface area (Å²) in [5.41, 5.74) is 3.40. The highest BCUT2D eigenvalue weighted by atomic mass is 32.2. The molecule has 0 unspecified atom stereocenters. The monoisotopic (exact) mass is 298 g/mol. The second-order valence-corrected chi connectivity index (χ2v) is 5.87. The van der Waals surface area contributed by atoms with E-state index in [1.807, 2.05) is 41.9 Å². The predicted octanol–water partition coefficient (Wildman–Crippen LogP) is 3.63. The third kappa shape index (κ3) is 3.08. The number of pyridine rings is 1. The summed E-state index contributed by atoms with van der Waals surface area (Å²) in [5, 5.41) is 8.99. The molecule has 0 aliphatic rings. The molecule has 1 aromatic carbocycles. The molecule has 0 fully saturated rings. The maximum atomic E-state index is 11.0. The summed E-state index contributed by atoms with van der Waals surface area (Å²) in [7, 11) is 0. The van der Waals surface area contributed by atoms with Gasteiger partial charge in [0.25, 0.3) is 0 Å². The number of aryl methyl sites for hydroxylation is 1. The first-order chi connectivity index (χ1) is 10.1. The molecule has 0 amide bonds. The summed E-state index contributed by atoms with van der Waals surface area (Å²) in [5.74, 6) is -0.190. The molecule has 0 spiro atoms. The standard InChI is InChI=1S/C16H14N2O2S/c1-11-5-6-15-17-13(9-18(15)8-11)10-21-14-4-2-3-12(7-14)16(19)20/h2-9H,10H2,1H3,(H,19,20). The van der Waals surface area contributed by atoms with Gasteiger partial charge in [-0.2, -0.15) is 0 Å². The topological polar surface area (TPSA) is 54.6 Å². The Bertz CT molecular complexity index is 811. The van der Waals surface area contributed by atoms with Crippen LogP contribution in [0.3, 0.4) is 0 Å². The molecule has 106 valence electrons. The number of carbonyl (C=O) groups is 1. The number of rotatable bonds is 4. The van der Waals surface area contributed by atoms with Gasteiger partial charge in [-0.15, -0.1) is 11.8 Å². The number of hydrogen-bond acceptors (Lipinski definition) is 3. The van der Waals surface area contributed by atoms with Crippen LogP contribution in [0.2, 0.25) is 0 Å². The molecule has 5 heteroatoms. The Kier molecular flexibility index (Phi) is 3.66. The van der Waals surface area contributed by atoms with Crippen molar-refractivity contribution in [2.45, 2.75) is 17.6 Å². The highest BCUT2D eigenvalue weighted by molar-refractivity contribution is 7.98. The van der Waals surface area contributed by atoms with Gasteiger partial charge in [0.1, 0.15) is 5.65 Å². The van der Waals surface area contributed by atoms with Crippen LogP contribution in [0.5, 0.6) is 0 Å². The third-order valence-electron chi connectivity index (χ3n) is 3.12. The Morgan fingerprint density at radius 1 is 1.29 bits per heavy atom. The number of imidazole rings is 1. The first-order valence-corrected chi connectivity index (χ1v) is 7.51. The lowest BCUT2D eigenvalue weighted by molar-refractivity contribution is 0.0696. The van der Waals surface area contributed by atoms with E-state index < -0.39 is 5.97 Å². The van der Waals surface area contributed by atoms with Gasteiger partial charge in [0.2, 0.25) is 0 Å². The van der Waals surface area contributed by atoms with Crippen LogP contribution in [0.1, 0.15) is 21.6 Å². The van der Waals surface area contributed by atoms with Crippen LogP contribution in [0.4, 0.5) is 0 Å². The van der Waals surface area contributed by atoms with Crippen molar-refractivity contribution in [3.05, 3.63) is 65.6 Å². The van der Waals surface area contributed by atoms with Gasteiger partial charge in [0, 0.05) is 23.0 Å². The van der Waals surface area contributed by atoms with E-state index >= 15 is 0 Å². The van der Waals surface area contributed by atoms with Gasteiger partial charge in [-0.1, -0.05) is 12.1 Å². The minimum absolute atomic E-state index is 0.311. The van der Waals surface area contributed by atoms with Gasteiger partial charge < -0.3 is 9.51 Å². The zero-order valence-electron chi connectivity index (χ0n) is 11.5. The van der Waals surface area contributed by atoms with Crippen LogP contribution < -0.4 is 0 Å². The van der Waals surface area contributed by atoms with E-state index in [2.05, 4.69) is 4.98 Å². The highest BCUT2D eigenvalue weighted by Gasteiger charge is 2.06. The van der Waals surface area contributed by atoms with E-state index in [0.29, 0.717) is 11.3 Å². The summed E-state index contributed by atoms with van der Waals surface area (Å²) >= 11 is 1.59. The SMILES string of the molecule is Cc1ccc2nc(CSc3cccc(C(=O)O)c3)cn2c1. The molecule has 2 aromatic heterocycles. The van der Waals surface area contributed by atoms with E-state index in [4.69, 9.17) is 5.11 Å². The maximum Gasteiger partial charge on any atom is 0.335 e. The van der Waals surface area contributed by atoms with E-state index in [1.165, 1.54) is 5.56 Å².